The van der Waals surface area contributed by atoms with E-state index in [-0.39, 0.29) is 17.9 Å². The highest BCUT2D eigenvalue weighted by Gasteiger charge is 2.28. The molecule has 1 unspecified atom stereocenters. The van der Waals surface area contributed by atoms with E-state index < -0.39 is 0 Å². The van der Waals surface area contributed by atoms with E-state index in [9.17, 15) is 9.59 Å². The molecule has 0 aromatic heterocycles. The Balaban J connectivity index is 1.56. The molecule has 2 aliphatic carbocycles. The number of fused-ring (bicyclic) bond motifs is 1. The Kier molecular flexibility index (Phi) is 5.00. The third kappa shape index (κ3) is 3.75. The van der Waals surface area contributed by atoms with E-state index in [0.29, 0.717) is 25.6 Å². The van der Waals surface area contributed by atoms with Gasteiger partial charge in [-0.15, -0.1) is 0 Å². The van der Waals surface area contributed by atoms with Crippen LogP contribution in [0.3, 0.4) is 0 Å². The predicted molar refractivity (Wildman–Crippen MR) is 85.8 cm³/mol. The van der Waals surface area contributed by atoms with Crippen LogP contribution in [0.5, 0.6) is 0 Å². The SMILES string of the molecule is O=C(NO)C1C=C2CCN(C(=O)NC3CCCCC3)CC2=CC1. The summed E-state index contributed by atoms with van der Waals surface area (Å²) in [5, 5.41) is 11.9. The summed E-state index contributed by atoms with van der Waals surface area (Å²) < 4.78 is 0. The number of hydrogen-bond acceptors (Lipinski definition) is 3. The van der Waals surface area contributed by atoms with E-state index in [1.54, 1.807) is 5.48 Å². The van der Waals surface area contributed by atoms with Crippen molar-refractivity contribution in [1.82, 2.24) is 15.7 Å². The zero-order valence-corrected chi connectivity index (χ0v) is 13.4. The van der Waals surface area contributed by atoms with Crippen molar-refractivity contribution < 1.29 is 14.8 Å². The topological polar surface area (TPSA) is 81.7 Å². The van der Waals surface area contributed by atoms with Crippen molar-refractivity contribution in [2.24, 2.45) is 5.92 Å². The summed E-state index contributed by atoms with van der Waals surface area (Å²) in [6.45, 7) is 1.28. The van der Waals surface area contributed by atoms with Crippen LogP contribution in [0.4, 0.5) is 4.79 Å². The second kappa shape index (κ2) is 7.17. The van der Waals surface area contributed by atoms with E-state index in [2.05, 4.69) is 5.32 Å². The maximum atomic E-state index is 12.4. The zero-order valence-electron chi connectivity index (χ0n) is 13.4. The summed E-state index contributed by atoms with van der Waals surface area (Å²) in [6, 6.07) is 0.359. The van der Waals surface area contributed by atoms with Crippen molar-refractivity contribution in [3.05, 3.63) is 23.3 Å². The largest absolute Gasteiger partial charge is 0.335 e. The average molecular weight is 319 g/mol. The lowest BCUT2D eigenvalue weighted by Crippen LogP contribution is -2.48. The van der Waals surface area contributed by atoms with Crippen molar-refractivity contribution in [1.29, 1.82) is 0 Å². The number of hydroxylamine groups is 1. The maximum absolute atomic E-state index is 12.4. The van der Waals surface area contributed by atoms with E-state index in [1.807, 2.05) is 17.1 Å². The third-order valence-corrected chi connectivity index (χ3v) is 5.11. The number of nitrogens with zero attached hydrogens (tertiary/aromatic N) is 1. The summed E-state index contributed by atoms with van der Waals surface area (Å²) in [4.78, 5) is 25.8. The molecule has 0 bridgehead atoms. The Hall–Kier alpha value is -1.82. The number of allylic oxidation sites excluding steroid dienone is 1. The van der Waals surface area contributed by atoms with Crippen molar-refractivity contribution in [3.63, 3.8) is 0 Å². The molecule has 3 aliphatic rings. The first-order chi connectivity index (χ1) is 11.2. The van der Waals surface area contributed by atoms with Crippen LogP contribution >= 0.6 is 0 Å². The molecular formula is C17H25N3O3. The molecule has 0 radical (unpaired) electrons. The standard InChI is InChI=1S/C17H25N3O3/c21-16(19-23)13-6-7-14-11-20(9-8-12(14)10-13)17(22)18-15-4-2-1-3-5-15/h7,10,13,15,23H,1-6,8-9,11H2,(H,18,22)(H,19,21). The van der Waals surface area contributed by atoms with Crippen LogP contribution in [0, 0.1) is 5.92 Å². The molecule has 126 valence electrons. The molecule has 1 atom stereocenters. The van der Waals surface area contributed by atoms with Gasteiger partial charge in [0.1, 0.15) is 0 Å². The Morgan fingerprint density at radius 1 is 1.17 bits per heavy atom. The minimum absolute atomic E-state index is 0.0343. The van der Waals surface area contributed by atoms with Gasteiger partial charge in [-0.1, -0.05) is 31.4 Å². The Labute approximate surface area is 136 Å². The number of urea groups is 1. The summed E-state index contributed by atoms with van der Waals surface area (Å²) >= 11 is 0. The van der Waals surface area contributed by atoms with Gasteiger partial charge in [0.25, 0.3) is 5.91 Å². The van der Waals surface area contributed by atoms with Crippen LogP contribution in [-0.4, -0.2) is 41.2 Å². The molecule has 1 saturated heterocycles. The smallest absolute Gasteiger partial charge is 0.317 e. The number of amides is 3. The second-order valence-electron chi connectivity index (χ2n) is 6.70. The molecule has 6 heteroatoms. The number of carbonyl (C=O) groups excluding carboxylic acids is 2. The summed E-state index contributed by atoms with van der Waals surface area (Å²) in [5.41, 5.74) is 3.98. The molecule has 3 N–H and O–H groups in total. The zero-order chi connectivity index (χ0) is 16.2. The van der Waals surface area contributed by atoms with Crippen LogP contribution in [-0.2, 0) is 4.79 Å². The quantitative estimate of drug-likeness (QED) is 0.538. The maximum Gasteiger partial charge on any atom is 0.317 e. The number of rotatable bonds is 2. The minimum atomic E-state index is -0.370. The van der Waals surface area contributed by atoms with Crippen LogP contribution < -0.4 is 10.8 Å². The van der Waals surface area contributed by atoms with Crippen molar-refractivity contribution in [2.75, 3.05) is 13.1 Å². The van der Waals surface area contributed by atoms with Crippen LogP contribution in [0.15, 0.2) is 23.3 Å². The monoisotopic (exact) mass is 319 g/mol. The summed E-state index contributed by atoms with van der Waals surface area (Å²) in [7, 11) is 0. The van der Waals surface area contributed by atoms with Gasteiger partial charge in [-0.3, -0.25) is 10.0 Å². The van der Waals surface area contributed by atoms with Gasteiger partial charge in [0.2, 0.25) is 0 Å². The average Bonchev–Trinajstić information content (AvgIpc) is 2.61. The van der Waals surface area contributed by atoms with E-state index in [4.69, 9.17) is 5.21 Å². The molecule has 3 amide bonds. The first kappa shape index (κ1) is 16.1. The molecular weight excluding hydrogens is 294 g/mol. The molecule has 1 aliphatic heterocycles. The fraction of sp³-hybridized carbons (Fsp3) is 0.647. The number of hydrogen-bond donors (Lipinski definition) is 3. The lowest BCUT2D eigenvalue weighted by atomic mass is 9.86. The molecule has 1 saturated carbocycles. The van der Waals surface area contributed by atoms with Gasteiger partial charge in [0.15, 0.2) is 0 Å². The highest BCUT2D eigenvalue weighted by molar-refractivity contribution is 5.80. The van der Waals surface area contributed by atoms with Crippen LogP contribution in [0.25, 0.3) is 0 Å². The first-order valence-corrected chi connectivity index (χ1v) is 8.57. The first-order valence-electron chi connectivity index (χ1n) is 8.57. The molecule has 3 rings (SSSR count). The van der Waals surface area contributed by atoms with Crippen molar-refractivity contribution in [3.8, 4) is 0 Å². The van der Waals surface area contributed by atoms with Crippen LogP contribution in [0.2, 0.25) is 0 Å². The van der Waals surface area contributed by atoms with E-state index in [0.717, 1.165) is 30.4 Å². The predicted octanol–water partition coefficient (Wildman–Crippen LogP) is 2.11. The fourth-order valence-electron chi connectivity index (χ4n) is 3.72. The second-order valence-corrected chi connectivity index (χ2v) is 6.70. The molecule has 23 heavy (non-hydrogen) atoms. The Morgan fingerprint density at radius 2 is 1.96 bits per heavy atom. The van der Waals surface area contributed by atoms with Crippen molar-refractivity contribution in [2.45, 2.75) is 51.0 Å². The number of likely N-dealkylation sites (tertiary alicyclic amines) is 1. The van der Waals surface area contributed by atoms with Crippen molar-refractivity contribution >= 4 is 11.9 Å². The lowest BCUT2D eigenvalue weighted by Gasteiger charge is -2.34. The van der Waals surface area contributed by atoms with Crippen LogP contribution in [0.1, 0.15) is 44.9 Å². The normalized spacial score (nSPS) is 25.1. The van der Waals surface area contributed by atoms with Gasteiger partial charge >= 0.3 is 6.03 Å². The highest BCUT2D eigenvalue weighted by Crippen LogP contribution is 2.30. The lowest BCUT2D eigenvalue weighted by molar-refractivity contribution is -0.131. The summed E-state index contributed by atoms with van der Waals surface area (Å²) in [6.07, 6.45) is 11.2. The molecule has 0 spiro atoms. The Bertz CT molecular complexity index is 535. The summed E-state index contributed by atoms with van der Waals surface area (Å²) in [5.74, 6) is -0.674. The minimum Gasteiger partial charge on any atom is -0.335 e. The number of piperidine rings is 1. The molecule has 0 aromatic carbocycles. The molecule has 0 aromatic rings. The van der Waals surface area contributed by atoms with E-state index >= 15 is 0 Å². The highest BCUT2D eigenvalue weighted by atomic mass is 16.5. The Morgan fingerprint density at radius 3 is 2.70 bits per heavy atom. The third-order valence-electron chi connectivity index (χ3n) is 5.11. The van der Waals surface area contributed by atoms with E-state index in [1.165, 1.54) is 19.3 Å². The number of carbonyl (C=O) groups is 2. The van der Waals surface area contributed by atoms with Gasteiger partial charge in [-0.05, 0) is 36.8 Å². The molecule has 1 heterocycles. The molecule has 6 nitrogen and oxygen atoms in total. The van der Waals surface area contributed by atoms with Gasteiger partial charge in [0, 0.05) is 19.1 Å². The van der Waals surface area contributed by atoms with Gasteiger partial charge in [-0.2, -0.15) is 0 Å². The number of nitrogens with one attached hydrogen (secondary N) is 2. The van der Waals surface area contributed by atoms with Gasteiger partial charge in [-0.25, -0.2) is 10.3 Å². The van der Waals surface area contributed by atoms with Gasteiger partial charge in [0.05, 0.1) is 5.92 Å². The van der Waals surface area contributed by atoms with Gasteiger partial charge < -0.3 is 10.2 Å². The fourth-order valence-corrected chi connectivity index (χ4v) is 3.72. The molecule has 2 fully saturated rings.